The summed E-state index contributed by atoms with van der Waals surface area (Å²) in [5.74, 6) is 3.86. The Balaban J connectivity index is 1.32. The molecule has 1 saturated heterocycles. The molecule has 1 amide bonds. The first-order chi connectivity index (χ1) is 10.9. The van der Waals surface area contributed by atoms with Crippen LogP contribution in [0.25, 0.3) is 0 Å². The monoisotopic (exact) mass is 320 g/mol. The Morgan fingerprint density at radius 1 is 1.04 bits per heavy atom. The first-order valence-corrected chi connectivity index (χ1v) is 9.61. The Kier molecular flexibility index (Phi) is 3.86. The summed E-state index contributed by atoms with van der Waals surface area (Å²) >= 11 is 0. The van der Waals surface area contributed by atoms with E-state index >= 15 is 0 Å². The minimum atomic E-state index is -0.399. The molecule has 0 aromatic heterocycles. The number of rotatable bonds is 2. The van der Waals surface area contributed by atoms with E-state index in [-0.39, 0.29) is 6.09 Å². The second-order valence-corrected chi connectivity index (χ2v) is 9.54. The third-order valence-electron chi connectivity index (χ3n) is 6.49. The molecule has 4 bridgehead atoms. The van der Waals surface area contributed by atoms with Gasteiger partial charge in [0, 0.05) is 25.2 Å². The van der Waals surface area contributed by atoms with Gasteiger partial charge in [-0.15, -0.1) is 0 Å². The van der Waals surface area contributed by atoms with E-state index in [9.17, 15) is 4.79 Å². The lowest BCUT2D eigenvalue weighted by Crippen LogP contribution is -2.57. The molecule has 23 heavy (non-hydrogen) atoms. The number of hydrogen-bond acceptors (Lipinski definition) is 3. The molecule has 0 aromatic carbocycles. The summed E-state index contributed by atoms with van der Waals surface area (Å²) in [4.78, 5) is 14.1. The summed E-state index contributed by atoms with van der Waals surface area (Å²) in [5, 5.41) is 3.96. The highest BCUT2D eigenvalue weighted by Crippen LogP contribution is 2.53. The summed E-state index contributed by atoms with van der Waals surface area (Å²) in [7, 11) is 0. The van der Waals surface area contributed by atoms with Crippen LogP contribution in [-0.4, -0.2) is 41.8 Å². The molecule has 5 aliphatic rings. The van der Waals surface area contributed by atoms with E-state index in [1.807, 2.05) is 25.7 Å². The fourth-order valence-electron chi connectivity index (χ4n) is 5.86. The Morgan fingerprint density at radius 2 is 1.65 bits per heavy atom. The molecule has 1 atom stereocenters. The van der Waals surface area contributed by atoms with E-state index < -0.39 is 5.60 Å². The zero-order valence-electron chi connectivity index (χ0n) is 14.9. The number of ether oxygens (including phenoxy) is 1. The Hall–Kier alpha value is -0.770. The molecule has 1 N–H and O–H groups in total. The molecule has 1 heterocycles. The molecule has 130 valence electrons. The van der Waals surface area contributed by atoms with Gasteiger partial charge in [-0.3, -0.25) is 0 Å². The zero-order chi connectivity index (χ0) is 16.2. The van der Waals surface area contributed by atoms with Crippen LogP contribution in [0.1, 0.15) is 59.3 Å². The first kappa shape index (κ1) is 15.7. The number of nitrogens with zero attached hydrogens (tertiary/aromatic N) is 1. The van der Waals surface area contributed by atoms with Crippen LogP contribution in [0, 0.1) is 23.7 Å². The van der Waals surface area contributed by atoms with Crippen molar-refractivity contribution in [1.82, 2.24) is 10.2 Å². The second-order valence-electron chi connectivity index (χ2n) is 9.54. The van der Waals surface area contributed by atoms with Gasteiger partial charge in [0.15, 0.2) is 0 Å². The van der Waals surface area contributed by atoms with E-state index in [2.05, 4.69) is 5.32 Å². The number of likely N-dealkylation sites (tertiary alicyclic amines) is 1. The van der Waals surface area contributed by atoms with Crippen LogP contribution in [-0.2, 0) is 4.74 Å². The maximum Gasteiger partial charge on any atom is 0.410 e. The molecule has 5 fully saturated rings. The number of carbonyl (C=O) groups is 1. The molecule has 5 rings (SSSR count). The standard InChI is InChI=1S/C19H32N2O2/c1-19(2,3)23-18(22)21-5-4-16(11-21)20-17-14-7-12-6-13(9-14)10-15(17)8-12/h12-17,20H,4-11H2,1-3H3. The van der Waals surface area contributed by atoms with Gasteiger partial charge in [-0.25, -0.2) is 4.79 Å². The minimum Gasteiger partial charge on any atom is -0.444 e. The fraction of sp³-hybridized carbons (Fsp3) is 0.947. The van der Waals surface area contributed by atoms with Crippen molar-refractivity contribution in [3.8, 4) is 0 Å². The smallest absolute Gasteiger partial charge is 0.410 e. The average Bonchev–Trinajstić information content (AvgIpc) is 2.89. The van der Waals surface area contributed by atoms with Crippen LogP contribution in [0.2, 0.25) is 0 Å². The predicted molar refractivity (Wildman–Crippen MR) is 90.2 cm³/mol. The number of nitrogens with one attached hydrogen (secondary N) is 1. The maximum absolute atomic E-state index is 12.2. The fourth-order valence-corrected chi connectivity index (χ4v) is 5.86. The number of hydrogen-bond donors (Lipinski definition) is 1. The molecule has 4 heteroatoms. The van der Waals surface area contributed by atoms with Crippen LogP contribution in [0.5, 0.6) is 0 Å². The number of amides is 1. The van der Waals surface area contributed by atoms with Crippen molar-refractivity contribution in [1.29, 1.82) is 0 Å². The van der Waals surface area contributed by atoms with Crippen LogP contribution in [0.4, 0.5) is 4.79 Å². The summed E-state index contributed by atoms with van der Waals surface area (Å²) in [6, 6.07) is 1.18. The summed E-state index contributed by atoms with van der Waals surface area (Å²) in [6.07, 6.45) is 8.24. The first-order valence-electron chi connectivity index (χ1n) is 9.61. The van der Waals surface area contributed by atoms with Crippen LogP contribution in [0.15, 0.2) is 0 Å². The number of carbonyl (C=O) groups excluding carboxylic acids is 1. The Bertz CT molecular complexity index is 442. The van der Waals surface area contributed by atoms with Gasteiger partial charge in [0.1, 0.15) is 5.60 Å². The van der Waals surface area contributed by atoms with E-state index in [1.165, 1.54) is 32.1 Å². The molecule has 1 aliphatic heterocycles. The lowest BCUT2D eigenvalue weighted by molar-refractivity contribution is -0.0175. The molecule has 0 aromatic rings. The van der Waals surface area contributed by atoms with Crippen molar-refractivity contribution in [3.63, 3.8) is 0 Å². The van der Waals surface area contributed by atoms with E-state index in [0.29, 0.717) is 12.1 Å². The molecular weight excluding hydrogens is 288 g/mol. The molecule has 4 nitrogen and oxygen atoms in total. The summed E-state index contributed by atoms with van der Waals surface area (Å²) in [6.45, 7) is 7.46. The minimum absolute atomic E-state index is 0.146. The topological polar surface area (TPSA) is 41.6 Å². The van der Waals surface area contributed by atoms with E-state index in [1.54, 1.807) is 0 Å². The molecule has 4 saturated carbocycles. The van der Waals surface area contributed by atoms with E-state index in [0.717, 1.165) is 43.2 Å². The van der Waals surface area contributed by atoms with Gasteiger partial charge >= 0.3 is 6.09 Å². The largest absolute Gasteiger partial charge is 0.444 e. The normalized spacial score (nSPS) is 42.3. The zero-order valence-corrected chi connectivity index (χ0v) is 14.9. The van der Waals surface area contributed by atoms with Crippen LogP contribution in [0.3, 0.4) is 0 Å². The van der Waals surface area contributed by atoms with Crippen molar-refractivity contribution in [3.05, 3.63) is 0 Å². The van der Waals surface area contributed by atoms with E-state index in [4.69, 9.17) is 4.74 Å². The Morgan fingerprint density at radius 3 is 2.22 bits per heavy atom. The van der Waals surface area contributed by atoms with Crippen molar-refractivity contribution in [2.24, 2.45) is 23.7 Å². The summed E-state index contributed by atoms with van der Waals surface area (Å²) in [5.41, 5.74) is -0.399. The van der Waals surface area contributed by atoms with Gasteiger partial charge in [-0.1, -0.05) is 0 Å². The predicted octanol–water partition coefficient (Wildman–Crippen LogP) is 3.41. The SMILES string of the molecule is CC(C)(C)OC(=O)N1CCC(NC2C3CC4CC(C3)CC2C4)C1. The third kappa shape index (κ3) is 3.24. The van der Waals surface area contributed by atoms with Gasteiger partial charge in [0.25, 0.3) is 0 Å². The van der Waals surface area contributed by atoms with Crippen molar-refractivity contribution < 1.29 is 9.53 Å². The van der Waals surface area contributed by atoms with Crippen molar-refractivity contribution >= 4 is 6.09 Å². The average molecular weight is 320 g/mol. The van der Waals surface area contributed by atoms with Crippen LogP contribution < -0.4 is 5.32 Å². The highest BCUT2D eigenvalue weighted by atomic mass is 16.6. The molecule has 4 aliphatic carbocycles. The van der Waals surface area contributed by atoms with Gasteiger partial charge in [-0.05, 0) is 83.0 Å². The molecule has 0 radical (unpaired) electrons. The molecule has 0 spiro atoms. The quantitative estimate of drug-likeness (QED) is 0.848. The van der Waals surface area contributed by atoms with Gasteiger partial charge in [0.05, 0.1) is 0 Å². The molecule has 1 unspecified atom stereocenters. The lowest BCUT2D eigenvalue weighted by atomic mass is 9.54. The molecular formula is C19H32N2O2. The van der Waals surface area contributed by atoms with Gasteiger partial charge < -0.3 is 15.0 Å². The van der Waals surface area contributed by atoms with Gasteiger partial charge in [0.2, 0.25) is 0 Å². The summed E-state index contributed by atoms with van der Waals surface area (Å²) < 4.78 is 5.51. The van der Waals surface area contributed by atoms with Crippen molar-refractivity contribution in [2.45, 2.75) is 77.0 Å². The highest BCUT2D eigenvalue weighted by molar-refractivity contribution is 5.68. The maximum atomic E-state index is 12.2. The van der Waals surface area contributed by atoms with Crippen molar-refractivity contribution in [2.75, 3.05) is 13.1 Å². The lowest BCUT2D eigenvalue weighted by Gasteiger charge is -2.55. The second kappa shape index (κ2) is 5.65. The highest BCUT2D eigenvalue weighted by Gasteiger charge is 2.48. The third-order valence-corrected chi connectivity index (χ3v) is 6.49. The Labute approximate surface area is 140 Å². The van der Waals surface area contributed by atoms with Crippen LogP contribution >= 0.6 is 0 Å². The van der Waals surface area contributed by atoms with Gasteiger partial charge in [-0.2, -0.15) is 0 Å².